The lowest BCUT2D eigenvalue weighted by molar-refractivity contribution is -0.139. The highest BCUT2D eigenvalue weighted by atomic mass is 19.4. The van der Waals surface area contributed by atoms with Crippen LogP contribution in [-0.4, -0.2) is 34.2 Å². The van der Waals surface area contributed by atoms with E-state index in [1.54, 1.807) is 4.90 Å². The van der Waals surface area contributed by atoms with Crippen molar-refractivity contribution < 1.29 is 35.6 Å². The van der Waals surface area contributed by atoms with Gasteiger partial charge in [-0.1, -0.05) is 24.2 Å². The van der Waals surface area contributed by atoms with E-state index < -0.39 is 35.3 Å². The van der Waals surface area contributed by atoms with Crippen molar-refractivity contribution in [2.24, 2.45) is 11.7 Å². The molecule has 1 aliphatic rings. The van der Waals surface area contributed by atoms with Gasteiger partial charge in [0.15, 0.2) is 5.96 Å². The second-order valence-electron chi connectivity index (χ2n) is 8.75. The van der Waals surface area contributed by atoms with Gasteiger partial charge in [0.25, 0.3) is 0 Å². The van der Waals surface area contributed by atoms with E-state index in [4.69, 9.17) is 20.4 Å². The van der Waals surface area contributed by atoms with Crippen LogP contribution < -0.4 is 10.5 Å². The second kappa shape index (κ2) is 9.94. The molecular formula is C24H23F6N5O2. The van der Waals surface area contributed by atoms with Crippen molar-refractivity contribution in [2.45, 2.75) is 38.2 Å². The minimum absolute atomic E-state index is 0.0448. The molecule has 13 heteroatoms. The van der Waals surface area contributed by atoms with Crippen LogP contribution in [0.1, 0.15) is 42.0 Å². The minimum atomic E-state index is -4.75. The summed E-state index contributed by atoms with van der Waals surface area (Å²) >= 11 is 0. The molecule has 1 fully saturated rings. The van der Waals surface area contributed by atoms with Crippen LogP contribution in [0.4, 0.5) is 26.3 Å². The Kier molecular flexibility index (Phi) is 7.07. The molecule has 3 aromatic rings. The first-order chi connectivity index (χ1) is 17.3. The van der Waals surface area contributed by atoms with Crippen LogP contribution in [0.3, 0.4) is 0 Å². The summed E-state index contributed by atoms with van der Waals surface area (Å²) in [5, 5.41) is 11.6. The van der Waals surface area contributed by atoms with Crippen LogP contribution in [0.25, 0.3) is 11.4 Å². The van der Waals surface area contributed by atoms with Gasteiger partial charge >= 0.3 is 12.4 Å². The molecule has 1 aromatic heterocycles. The zero-order chi connectivity index (χ0) is 27.0. The average Bonchev–Trinajstić information content (AvgIpc) is 3.45. The maximum Gasteiger partial charge on any atom is 0.419 e. The summed E-state index contributed by atoms with van der Waals surface area (Å²) < 4.78 is 90.1. The van der Waals surface area contributed by atoms with E-state index in [0.717, 1.165) is 30.7 Å². The zero-order valence-corrected chi connectivity index (χ0v) is 19.5. The van der Waals surface area contributed by atoms with E-state index in [9.17, 15) is 26.3 Å². The quantitative estimate of drug-likeness (QED) is 0.243. The van der Waals surface area contributed by atoms with Gasteiger partial charge in [-0.05, 0) is 48.2 Å². The molecule has 1 aliphatic heterocycles. The molecule has 198 valence electrons. The number of nitrogens with two attached hydrogens (primary N) is 1. The molecule has 2 heterocycles. The van der Waals surface area contributed by atoms with Crippen LogP contribution in [0.5, 0.6) is 5.75 Å². The van der Waals surface area contributed by atoms with Gasteiger partial charge in [-0.25, -0.2) is 0 Å². The predicted molar refractivity (Wildman–Crippen MR) is 121 cm³/mol. The highest BCUT2D eigenvalue weighted by Crippen LogP contribution is 2.40. The standard InChI is InChI=1S/C24H23F6N5O2/c1-13-8-10-35(22(31)32)19(13)21-33-20(34-37-21)15-4-7-18(17(12-15)24(28,29)30)36-11-9-14-2-5-16(6-3-14)23(25,26)27/h2-7,12-13,19H,8-11H2,1H3,(H3,31,32)/t13-,19-/m0/s1. The summed E-state index contributed by atoms with van der Waals surface area (Å²) in [5.41, 5.74) is 4.30. The molecule has 7 nitrogen and oxygen atoms in total. The van der Waals surface area contributed by atoms with Gasteiger partial charge in [-0.2, -0.15) is 31.3 Å². The molecule has 0 radical (unpaired) electrons. The SMILES string of the molecule is C[C@H]1CCN(C(=N)N)[C@@H]1c1nc(-c2ccc(OCCc3ccc(C(F)(F)F)cc3)c(C(F)(F)F)c2)no1. The lowest BCUT2D eigenvalue weighted by atomic mass is 10.0. The van der Waals surface area contributed by atoms with Crippen LogP contribution in [-0.2, 0) is 18.8 Å². The van der Waals surface area contributed by atoms with Crippen molar-refractivity contribution in [2.75, 3.05) is 13.2 Å². The molecule has 4 rings (SSSR count). The van der Waals surface area contributed by atoms with E-state index in [2.05, 4.69) is 10.1 Å². The molecule has 0 aliphatic carbocycles. The molecule has 0 spiro atoms. The molecule has 37 heavy (non-hydrogen) atoms. The Labute approximate surface area is 207 Å². The summed E-state index contributed by atoms with van der Waals surface area (Å²) in [5.74, 6) is -0.450. The maximum atomic E-state index is 13.8. The predicted octanol–water partition coefficient (Wildman–Crippen LogP) is 5.67. The van der Waals surface area contributed by atoms with E-state index in [1.165, 1.54) is 18.2 Å². The van der Waals surface area contributed by atoms with Crippen LogP contribution in [0.2, 0.25) is 0 Å². The summed E-state index contributed by atoms with van der Waals surface area (Å²) in [6, 6.07) is 7.23. The Morgan fingerprint density at radius 2 is 1.81 bits per heavy atom. The minimum Gasteiger partial charge on any atom is -0.493 e. The summed E-state index contributed by atoms with van der Waals surface area (Å²) in [6.07, 6.45) is -8.38. The largest absolute Gasteiger partial charge is 0.493 e. The lowest BCUT2D eigenvalue weighted by Crippen LogP contribution is -2.36. The first-order valence-electron chi connectivity index (χ1n) is 11.3. The highest BCUT2D eigenvalue weighted by Gasteiger charge is 2.38. The number of guanidine groups is 1. The molecule has 0 amide bonds. The zero-order valence-electron chi connectivity index (χ0n) is 19.5. The van der Waals surface area contributed by atoms with Gasteiger partial charge in [-0.15, -0.1) is 0 Å². The number of ether oxygens (including phenoxy) is 1. The van der Waals surface area contributed by atoms with Gasteiger partial charge in [0.2, 0.25) is 11.7 Å². The summed E-state index contributed by atoms with van der Waals surface area (Å²) in [4.78, 5) is 5.86. The van der Waals surface area contributed by atoms with Crippen molar-refractivity contribution in [1.29, 1.82) is 5.41 Å². The number of nitrogens with one attached hydrogen (secondary N) is 1. The first-order valence-corrected chi connectivity index (χ1v) is 11.3. The molecule has 1 saturated heterocycles. The lowest BCUT2D eigenvalue weighted by Gasteiger charge is -2.23. The molecule has 0 saturated carbocycles. The third-order valence-electron chi connectivity index (χ3n) is 6.18. The Morgan fingerprint density at radius 3 is 2.43 bits per heavy atom. The Hall–Kier alpha value is -3.77. The second-order valence-corrected chi connectivity index (χ2v) is 8.75. The van der Waals surface area contributed by atoms with Gasteiger partial charge in [0.1, 0.15) is 11.8 Å². The Bertz CT molecular complexity index is 1260. The topological polar surface area (TPSA) is 101 Å². The van der Waals surface area contributed by atoms with Gasteiger partial charge < -0.3 is 19.9 Å². The summed E-state index contributed by atoms with van der Waals surface area (Å²) in [6.45, 7) is 2.27. The van der Waals surface area contributed by atoms with Gasteiger partial charge in [0, 0.05) is 18.5 Å². The van der Waals surface area contributed by atoms with Crippen molar-refractivity contribution in [1.82, 2.24) is 15.0 Å². The number of hydrogen-bond acceptors (Lipinski definition) is 5. The molecular weight excluding hydrogens is 504 g/mol. The Balaban J connectivity index is 1.50. The fourth-order valence-corrected chi connectivity index (χ4v) is 4.22. The number of halogens is 6. The molecule has 3 N–H and O–H groups in total. The molecule has 0 unspecified atom stereocenters. The number of alkyl halides is 6. The van der Waals surface area contributed by atoms with Gasteiger partial charge in [-0.3, -0.25) is 5.41 Å². The van der Waals surface area contributed by atoms with E-state index in [1.807, 2.05) is 6.92 Å². The van der Waals surface area contributed by atoms with Crippen LogP contribution in [0, 0.1) is 11.3 Å². The smallest absolute Gasteiger partial charge is 0.419 e. The third kappa shape index (κ3) is 5.81. The number of benzene rings is 2. The molecule has 2 atom stereocenters. The van der Waals surface area contributed by atoms with Crippen molar-refractivity contribution in [3.8, 4) is 17.1 Å². The van der Waals surface area contributed by atoms with Crippen LogP contribution in [0.15, 0.2) is 47.0 Å². The first kappa shape index (κ1) is 26.3. The molecule has 2 aromatic carbocycles. The average molecular weight is 527 g/mol. The fraction of sp³-hybridized carbons (Fsp3) is 0.375. The maximum absolute atomic E-state index is 13.8. The van der Waals surface area contributed by atoms with E-state index in [-0.39, 0.29) is 42.2 Å². The monoisotopic (exact) mass is 527 g/mol. The highest BCUT2D eigenvalue weighted by molar-refractivity contribution is 5.75. The number of hydrogen-bond donors (Lipinski definition) is 2. The van der Waals surface area contributed by atoms with E-state index in [0.29, 0.717) is 12.1 Å². The number of rotatable bonds is 6. The van der Waals surface area contributed by atoms with Crippen molar-refractivity contribution >= 4 is 5.96 Å². The number of likely N-dealkylation sites (tertiary alicyclic amines) is 1. The number of nitrogens with zero attached hydrogens (tertiary/aromatic N) is 3. The third-order valence-corrected chi connectivity index (χ3v) is 6.18. The summed E-state index contributed by atoms with van der Waals surface area (Å²) in [7, 11) is 0. The fourth-order valence-electron chi connectivity index (χ4n) is 4.22. The van der Waals surface area contributed by atoms with Gasteiger partial charge in [0.05, 0.1) is 17.7 Å². The Morgan fingerprint density at radius 1 is 1.11 bits per heavy atom. The normalized spacial score (nSPS) is 18.3. The molecule has 0 bridgehead atoms. The van der Waals surface area contributed by atoms with Crippen LogP contribution >= 0.6 is 0 Å². The van der Waals surface area contributed by atoms with Crippen molar-refractivity contribution in [3.05, 3.63) is 65.0 Å². The number of aromatic nitrogens is 2. The van der Waals surface area contributed by atoms with E-state index >= 15 is 0 Å². The van der Waals surface area contributed by atoms with Crippen molar-refractivity contribution in [3.63, 3.8) is 0 Å².